The fourth-order valence-corrected chi connectivity index (χ4v) is 1.89. The highest BCUT2D eigenvalue weighted by Gasteiger charge is 2.44. The van der Waals surface area contributed by atoms with Gasteiger partial charge in [-0.05, 0) is 11.5 Å². The first kappa shape index (κ1) is 16.4. The second kappa shape index (κ2) is 7.36. The Hall–Kier alpha value is -1.94. The number of esters is 1. The van der Waals surface area contributed by atoms with Gasteiger partial charge in [-0.1, -0.05) is 41.4 Å². The molecule has 2 aromatic carbocycles. The molecular formula is C13H10F2O6S. The second-order valence-corrected chi connectivity index (χ2v) is 4.73. The van der Waals surface area contributed by atoms with Crippen molar-refractivity contribution in [3.8, 4) is 5.75 Å². The largest absolute Gasteiger partial charge is 0.457 e. The highest BCUT2D eigenvalue weighted by molar-refractivity contribution is 7.96. The zero-order valence-corrected chi connectivity index (χ0v) is 11.7. The Morgan fingerprint density at radius 3 is 2.68 bits per heavy atom. The van der Waals surface area contributed by atoms with Crippen LogP contribution in [-0.4, -0.2) is 23.3 Å². The van der Waals surface area contributed by atoms with Gasteiger partial charge in [-0.2, -0.15) is 8.78 Å². The van der Waals surface area contributed by atoms with Gasteiger partial charge in [-0.3, -0.25) is 0 Å². The zero-order valence-electron chi connectivity index (χ0n) is 10.9. The van der Waals surface area contributed by atoms with Gasteiger partial charge in [0.05, 0.1) is 0 Å². The van der Waals surface area contributed by atoms with E-state index in [-0.39, 0.29) is 0 Å². The first-order chi connectivity index (χ1) is 10.5. The van der Waals surface area contributed by atoms with Gasteiger partial charge in [0.2, 0.25) is 6.79 Å². The molecule has 0 saturated heterocycles. The summed E-state index contributed by atoms with van der Waals surface area (Å²) in [6.07, 6.45) is 0. The summed E-state index contributed by atoms with van der Waals surface area (Å²) < 4.78 is 39.2. The van der Waals surface area contributed by atoms with Crippen LogP contribution < -0.4 is 4.74 Å². The van der Waals surface area contributed by atoms with Crippen LogP contribution in [0.3, 0.4) is 0 Å². The second-order valence-electron chi connectivity index (χ2n) is 3.91. The van der Waals surface area contributed by atoms with E-state index < -0.39 is 30.1 Å². The minimum Gasteiger partial charge on any atom is -0.457 e. The van der Waals surface area contributed by atoms with E-state index in [1.54, 1.807) is 24.3 Å². The van der Waals surface area contributed by atoms with E-state index in [4.69, 9.17) is 9.99 Å². The van der Waals surface area contributed by atoms with E-state index in [0.717, 1.165) is 10.8 Å². The van der Waals surface area contributed by atoms with Crippen molar-refractivity contribution in [3.05, 3.63) is 42.5 Å². The summed E-state index contributed by atoms with van der Waals surface area (Å²) in [6.45, 7) is -0.705. The first-order valence-corrected chi connectivity index (χ1v) is 6.60. The smallest absolute Gasteiger partial charge is 0.415 e. The van der Waals surface area contributed by atoms with Crippen molar-refractivity contribution in [2.24, 2.45) is 0 Å². The van der Waals surface area contributed by atoms with Crippen molar-refractivity contribution in [1.82, 2.24) is 0 Å². The molecular weight excluding hydrogens is 322 g/mol. The number of rotatable bonds is 7. The molecule has 0 bridgehead atoms. The molecule has 0 atom stereocenters. The molecule has 0 heterocycles. The molecule has 0 aliphatic heterocycles. The van der Waals surface area contributed by atoms with E-state index >= 15 is 0 Å². The number of fused-ring (bicyclic) bond motifs is 1. The van der Waals surface area contributed by atoms with Crippen LogP contribution in [0.5, 0.6) is 5.75 Å². The topological polar surface area (TPSA) is 74.2 Å². The molecule has 0 aliphatic rings. The van der Waals surface area contributed by atoms with Gasteiger partial charge in [0.15, 0.2) is 0 Å². The highest BCUT2D eigenvalue weighted by atomic mass is 32.2. The number of ether oxygens (including phenoxy) is 2. The molecule has 0 radical (unpaired) electrons. The average Bonchev–Trinajstić information content (AvgIpc) is 2.53. The van der Waals surface area contributed by atoms with Gasteiger partial charge in [0.25, 0.3) is 0 Å². The van der Waals surface area contributed by atoms with Crippen LogP contribution in [0.4, 0.5) is 8.78 Å². The van der Waals surface area contributed by atoms with Gasteiger partial charge in [-0.15, -0.1) is 4.33 Å². The molecule has 0 fully saturated rings. The van der Waals surface area contributed by atoms with E-state index in [0.29, 0.717) is 5.75 Å². The minimum atomic E-state index is -4.05. The predicted molar refractivity (Wildman–Crippen MR) is 72.9 cm³/mol. The lowest BCUT2D eigenvalue weighted by Gasteiger charge is -2.13. The lowest BCUT2D eigenvalue weighted by Crippen LogP contribution is -2.28. The fraction of sp³-hybridized carbons (Fsp3) is 0.154. The first-order valence-electron chi connectivity index (χ1n) is 5.86. The van der Waals surface area contributed by atoms with Gasteiger partial charge >= 0.3 is 11.2 Å². The van der Waals surface area contributed by atoms with Crippen LogP contribution in [0.1, 0.15) is 0 Å². The molecule has 22 heavy (non-hydrogen) atoms. The predicted octanol–water partition coefficient (Wildman–Crippen LogP) is 3.38. The third-order valence-corrected chi connectivity index (χ3v) is 3.07. The number of halogens is 2. The van der Waals surface area contributed by atoms with Gasteiger partial charge in [0.1, 0.15) is 17.8 Å². The molecule has 118 valence electrons. The van der Waals surface area contributed by atoms with E-state index in [2.05, 4.69) is 14.1 Å². The summed E-state index contributed by atoms with van der Waals surface area (Å²) in [6, 6.07) is 12.5. The molecule has 6 nitrogen and oxygen atoms in total. The van der Waals surface area contributed by atoms with Crippen molar-refractivity contribution >= 4 is 28.8 Å². The maximum atomic E-state index is 13.1. The Kier molecular flexibility index (Phi) is 5.50. The lowest BCUT2D eigenvalue weighted by molar-refractivity contribution is -0.433. The van der Waals surface area contributed by atoms with Gasteiger partial charge in [0, 0.05) is 5.39 Å². The standard InChI is InChI=1S/C13H10F2O6S/c14-13(15,22-21-20-17)12(16)19-8-18-11-7-3-5-9-4-1-2-6-10(9)11/h1-7,17H,8H2. The normalized spacial score (nSPS) is 11.4. The summed E-state index contributed by atoms with van der Waals surface area (Å²) in [5.74, 6) is -1.51. The summed E-state index contributed by atoms with van der Waals surface area (Å²) in [4.78, 5) is 11.1. The van der Waals surface area contributed by atoms with Crippen LogP contribution in [0.2, 0.25) is 0 Å². The molecule has 1 N–H and O–H groups in total. The van der Waals surface area contributed by atoms with Crippen molar-refractivity contribution in [2.45, 2.75) is 5.25 Å². The minimum absolute atomic E-state index is 0.386. The molecule has 0 unspecified atom stereocenters. The molecule has 0 amide bonds. The quantitative estimate of drug-likeness (QED) is 0.274. The SMILES string of the molecule is O=C(OCOc1cccc2ccccc12)C(F)(F)SOOO. The molecule has 2 aromatic rings. The maximum Gasteiger partial charge on any atom is 0.415 e. The Bertz CT molecular complexity index is 646. The number of alkyl halides is 2. The van der Waals surface area contributed by atoms with Crippen LogP contribution >= 0.6 is 12.0 Å². The molecule has 0 aliphatic carbocycles. The van der Waals surface area contributed by atoms with Crippen molar-refractivity contribution in [3.63, 3.8) is 0 Å². The Morgan fingerprint density at radius 2 is 1.91 bits per heavy atom. The van der Waals surface area contributed by atoms with Crippen LogP contribution in [0, 0.1) is 0 Å². The Balaban J connectivity index is 1.94. The third kappa shape index (κ3) is 4.04. The maximum absolute atomic E-state index is 13.1. The summed E-state index contributed by atoms with van der Waals surface area (Å²) in [5.41, 5.74) is 0. The van der Waals surface area contributed by atoms with Crippen LogP contribution in [-0.2, 0) is 18.9 Å². The van der Waals surface area contributed by atoms with Gasteiger partial charge in [-0.25, -0.2) is 10.1 Å². The summed E-state index contributed by atoms with van der Waals surface area (Å²) in [7, 11) is 0. The zero-order chi connectivity index (χ0) is 16.0. The van der Waals surface area contributed by atoms with Gasteiger partial charge < -0.3 is 9.47 Å². The Labute approximate surface area is 127 Å². The molecule has 0 saturated carbocycles. The Morgan fingerprint density at radius 1 is 1.18 bits per heavy atom. The number of hydrogen-bond acceptors (Lipinski definition) is 7. The lowest BCUT2D eigenvalue weighted by atomic mass is 10.1. The molecule has 9 heteroatoms. The summed E-state index contributed by atoms with van der Waals surface area (Å²) >= 11 is -0.700. The van der Waals surface area contributed by atoms with Crippen LogP contribution in [0.15, 0.2) is 42.5 Å². The number of carbonyl (C=O) groups is 1. The fourth-order valence-electron chi connectivity index (χ4n) is 1.64. The highest BCUT2D eigenvalue weighted by Crippen LogP contribution is 2.31. The number of benzene rings is 2. The molecule has 2 rings (SSSR count). The molecule has 0 spiro atoms. The monoisotopic (exact) mass is 332 g/mol. The number of carbonyl (C=O) groups excluding carboxylic acids is 1. The van der Waals surface area contributed by atoms with Crippen molar-refractivity contribution < 1.29 is 37.7 Å². The average molecular weight is 332 g/mol. The van der Waals surface area contributed by atoms with Crippen LogP contribution in [0.25, 0.3) is 10.8 Å². The van der Waals surface area contributed by atoms with Crippen molar-refractivity contribution in [1.29, 1.82) is 0 Å². The van der Waals surface area contributed by atoms with E-state index in [1.165, 1.54) is 0 Å². The van der Waals surface area contributed by atoms with Crippen molar-refractivity contribution in [2.75, 3.05) is 6.79 Å². The number of hydrogen-bond donors (Lipinski definition) is 1. The van der Waals surface area contributed by atoms with E-state index in [1.807, 2.05) is 18.2 Å². The van der Waals surface area contributed by atoms with E-state index in [9.17, 15) is 13.6 Å². The third-order valence-electron chi connectivity index (χ3n) is 2.56. The molecule has 0 aromatic heterocycles. The summed E-state index contributed by atoms with van der Waals surface area (Å²) in [5, 5.41) is 8.37.